The number of aliphatic hydroxyl groups is 1. The van der Waals surface area contributed by atoms with Gasteiger partial charge in [0.2, 0.25) is 5.91 Å². The molecule has 1 aliphatic carbocycles. The zero-order valence-electron chi connectivity index (χ0n) is 33.9. The van der Waals surface area contributed by atoms with Crippen LogP contribution in [0.15, 0.2) is 66.9 Å². The molecule has 0 spiro atoms. The summed E-state index contributed by atoms with van der Waals surface area (Å²) < 4.78 is 21.0. The molecular formula is C43H63FN4O5Si. The summed E-state index contributed by atoms with van der Waals surface area (Å²) >= 11 is 0. The molecular weight excluding hydrogens is 700 g/mol. The summed E-state index contributed by atoms with van der Waals surface area (Å²) in [5.74, 6) is -0.698. The minimum absolute atomic E-state index is 0.0974. The standard InChI is InChI=1S/C43H63FN4O5Si/c1-28-15-21-37(49)39(28)47-40(50)33(24-31-13-11-12-14-35(31)44)25-34(26-43(5,6)54(9,10)52)36(46-41(51)53-42(2,3)4)23-29-16-18-30(19-17-29)32-20-22-38(45-27-32)48(7)8/h11-14,16-20,22,27-28,33-34,36-37,39,49,52H,15,21,23-26H2,1-10H3,(H,46,51)(H,47,50)/t28-,33-,34-,36+,37-,39+/m1/s1. The van der Waals surface area contributed by atoms with Gasteiger partial charge in [0.15, 0.2) is 8.32 Å². The van der Waals surface area contributed by atoms with Gasteiger partial charge in [0.05, 0.1) is 12.1 Å². The number of aliphatic hydroxyl groups excluding tert-OH is 1. The Morgan fingerprint density at radius 2 is 1.63 bits per heavy atom. The van der Waals surface area contributed by atoms with Gasteiger partial charge >= 0.3 is 6.09 Å². The number of carbonyl (C=O) groups excluding carboxylic acids is 2. The minimum Gasteiger partial charge on any atom is -0.444 e. The van der Waals surface area contributed by atoms with Gasteiger partial charge in [-0.2, -0.15) is 0 Å². The third-order valence-corrected chi connectivity index (χ3v) is 14.8. The second-order valence-electron chi connectivity index (χ2n) is 17.7. The number of hydrogen-bond donors (Lipinski definition) is 4. The maximum atomic E-state index is 15.2. The lowest BCUT2D eigenvalue weighted by atomic mass is 9.78. The minimum atomic E-state index is -2.78. The molecule has 9 nitrogen and oxygen atoms in total. The highest BCUT2D eigenvalue weighted by atomic mass is 28.4. The maximum absolute atomic E-state index is 15.2. The van der Waals surface area contributed by atoms with E-state index in [4.69, 9.17) is 4.74 Å². The van der Waals surface area contributed by atoms with Crippen molar-refractivity contribution < 1.29 is 28.6 Å². The topological polar surface area (TPSA) is 124 Å². The fourth-order valence-corrected chi connectivity index (χ4v) is 8.03. The first-order chi connectivity index (χ1) is 25.1. The van der Waals surface area contributed by atoms with Crippen LogP contribution in [0.25, 0.3) is 11.1 Å². The summed E-state index contributed by atoms with van der Waals surface area (Å²) in [4.78, 5) is 45.9. The van der Waals surface area contributed by atoms with Gasteiger partial charge in [0.25, 0.3) is 0 Å². The molecule has 1 saturated carbocycles. The van der Waals surface area contributed by atoms with Crippen LogP contribution in [0.1, 0.15) is 78.4 Å². The molecule has 4 rings (SSSR count). The van der Waals surface area contributed by atoms with Gasteiger partial charge in [0.1, 0.15) is 17.2 Å². The molecule has 0 unspecified atom stereocenters. The van der Waals surface area contributed by atoms with E-state index in [1.54, 1.807) is 18.2 Å². The summed E-state index contributed by atoms with van der Waals surface area (Å²) in [6.07, 6.45) is 3.40. The lowest BCUT2D eigenvalue weighted by Gasteiger charge is -2.41. The van der Waals surface area contributed by atoms with Gasteiger partial charge in [-0.25, -0.2) is 14.2 Å². The molecule has 0 radical (unpaired) electrons. The summed E-state index contributed by atoms with van der Waals surface area (Å²) in [6.45, 7) is 15.4. The Morgan fingerprint density at radius 1 is 0.981 bits per heavy atom. The number of hydrogen-bond acceptors (Lipinski definition) is 7. The maximum Gasteiger partial charge on any atom is 0.407 e. The van der Waals surface area contributed by atoms with Crippen LogP contribution in [0.2, 0.25) is 18.1 Å². The van der Waals surface area contributed by atoms with Crippen molar-refractivity contribution in [1.29, 1.82) is 0 Å². The molecule has 54 heavy (non-hydrogen) atoms. The van der Waals surface area contributed by atoms with E-state index in [0.29, 0.717) is 31.2 Å². The van der Waals surface area contributed by atoms with Gasteiger partial charge in [-0.1, -0.05) is 63.2 Å². The normalized spacial score (nSPS) is 19.5. The molecule has 0 aliphatic heterocycles. The van der Waals surface area contributed by atoms with E-state index in [2.05, 4.69) is 15.6 Å². The van der Waals surface area contributed by atoms with Gasteiger partial charge in [0, 0.05) is 37.8 Å². The molecule has 3 aromatic rings. The van der Waals surface area contributed by atoms with Crippen LogP contribution in [-0.2, 0) is 22.4 Å². The van der Waals surface area contributed by atoms with Crippen molar-refractivity contribution in [3.05, 3.63) is 83.8 Å². The Labute approximate surface area is 323 Å². The Bertz CT molecular complexity index is 1680. The number of aromatic nitrogens is 1. The second-order valence-corrected chi connectivity index (χ2v) is 22.2. The number of nitrogens with one attached hydrogen (secondary N) is 2. The Hall–Kier alpha value is -3.80. The molecule has 11 heteroatoms. The number of carbonyl (C=O) groups is 2. The van der Waals surface area contributed by atoms with E-state index >= 15 is 4.39 Å². The number of halogens is 1. The molecule has 1 aliphatic rings. The summed E-state index contributed by atoms with van der Waals surface area (Å²) in [6, 6.07) is 17.8. The van der Waals surface area contributed by atoms with Crippen LogP contribution in [0.4, 0.5) is 15.0 Å². The van der Waals surface area contributed by atoms with Crippen LogP contribution in [0.5, 0.6) is 0 Å². The highest BCUT2D eigenvalue weighted by Crippen LogP contribution is 2.44. The van der Waals surface area contributed by atoms with Crippen molar-refractivity contribution in [2.75, 3.05) is 19.0 Å². The lowest BCUT2D eigenvalue weighted by Crippen LogP contribution is -2.50. The molecule has 6 atom stereocenters. The number of ether oxygens (including phenoxy) is 1. The van der Waals surface area contributed by atoms with Crippen molar-refractivity contribution in [3.63, 3.8) is 0 Å². The first kappa shape index (κ1) is 42.9. The summed E-state index contributed by atoms with van der Waals surface area (Å²) in [7, 11) is 1.12. The molecule has 296 valence electrons. The van der Waals surface area contributed by atoms with Crippen LogP contribution in [-0.4, -0.2) is 73.1 Å². The third-order valence-electron chi connectivity index (χ3n) is 11.3. The van der Waals surface area contributed by atoms with Crippen molar-refractivity contribution >= 4 is 26.1 Å². The van der Waals surface area contributed by atoms with E-state index in [9.17, 15) is 19.5 Å². The molecule has 1 aromatic heterocycles. The van der Waals surface area contributed by atoms with Crippen LogP contribution >= 0.6 is 0 Å². The first-order valence-electron chi connectivity index (χ1n) is 19.3. The van der Waals surface area contributed by atoms with Crippen LogP contribution in [0.3, 0.4) is 0 Å². The van der Waals surface area contributed by atoms with Gasteiger partial charge in [-0.05, 0) is 124 Å². The third kappa shape index (κ3) is 11.8. The number of nitrogens with zero attached hydrogens (tertiary/aromatic N) is 2. The fraction of sp³-hybridized carbons (Fsp3) is 0.558. The number of benzene rings is 2. The predicted molar refractivity (Wildman–Crippen MR) is 217 cm³/mol. The zero-order valence-corrected chi connectivity index (χ0v) is 34.9. The number of alkyl carbamates (subject to hydrolysis) is 1. The molecule has 2 amide bonds. The second kappa shape index (κ2) is 17.8. The molecule has 4 N–H and O–H groups in total. The van der Waals surface area contributed by atoms with Crippen molar-refractivity contribution in [1.82, 2.24) is 15.6 Å². The number of pyridine rings is 1. The summed E-state index contributed by atoms with van der Waals surface area (Å²) in [5.41, 5.74) is 2.64. The van der Waals surface area contributed by atoms with E-state index in [-0.39, 0.29) is 30.0 Å². The SMILES string of the molecule is C[C@@H]1CC[C@@H](O)[C@H]1NC(=O)[C@H](Cc1ccccc1F)C[C@H](CC(C)(C)[Si](C)(C)O)[C@H](Cc1ccc(-c2ccc(N(C)C)nc2)cc1)NC(=O)OC(C)(C)C. The number of amides is 2. The van der Waals surface area contributed by atoms with Crippen molar-refractivity contribution in [3.8, 4) is 11.1 Å². The zero-order chi connectivity index (χ0) is 40.0. The average Bonchev–Trinajstić information content (AvgIpc) is 3.39. The Kier molecular flexibility index (Phi) is 14.1. The predicted octanol–water partition coefficient (Wildman–Crippen LogP) is 7.90. The van der Waals surface area contributed by atoms with Crippen molar-refractivity contribution in [2.24, 2.45) is 17.8 Å². The van der Waals surface area contributed by atoms with Gasteiger partial charge in [-0.3, -0.25) is 4.79 Å². The lowest BCUT2D eigenvalue weighted by molar-refractivity contribution is -0.127. The smallest absolute Gasteiger partial charge is 0.407 e. The van der Waals surface area contributed by atoms with E-state index < -0.39 is 49.2 Å². The Morgan fingerprint density at radius 3 is 2.17 bits per heavy atom. The van der Waals surface area contributed by atoms with E-state index in [1.807, 2.05) is 116 Å². The van der Waals surface area contributed by atoms with Crippen LogP contribution in [0, 0.1) is 23.6 Å². The average molecular weight is 763 g/mol. The number of anilines is 1. The molecule has 1 fully saturated rings. The van der Waals surface area contributed by atoms with Gasteiger partial charge < -0.3 is 30.2 Å². The highest BCUT2D eigenvalue weighted by Gasteiger charge is 2.43. The summed E-state index contributed by atoms with van der Waals surface area (Å²) in [5, 5.41) is 16.6. The van der Waals surface area contributed by atoms with E-state index in [1.165, 1.54) is 6.07 Å². The molecule has 0 saturated heterocycles. The van der Waals surface area contributed by atoms with Crippen molar-refractivity contribution in [2.45, 2.75) is 122 Å². The number of rotatable bonds is 15. The quantitative estimate of drug-likeness (QED) is 0.116. The van der Waals surface area contributed by atoms with E-state index in [0.717, 1.165) is 28.9 Å². The molecule has 2 aromatic carbocycles. The molecule has 1 heterocycles. The van der Waals surface area contributed by atoms with Crippen LogP contribution < -0.4 is 15.5 Å². The first-order valence-corrected chi connectivity index (χ1v) is 22.2. The van der Waals surface area contributed by atoms with Gasteiger partial charge in [-0.15, -0.1) is 0 Å². The Balaban J connectivity index is 1.75. The monoisotopic (exact) mass is 762 g/mol. The largest absolute Gasteiger partial charge is 0.444 e. The fourth-order valence-electron chi connectivity index (χ4n) is 7.27. The molecule has 0 bridgehead atoms. The highest BCUT2D eigenvalue weighted by molar-refractivity contribution is 6.72.